The summed E-state index contributed by atoms with van der Waals surface area (Å²) < 4.78 is 0. The summed E-state index contributed by atoms with van der Waals surface area (Å²) in [7, 11) is 0. The minimum atomic E-state index is 0.339. The van der Waals surface area contributed by atoms with Crippen molar-refractivity contribution in [3.8, 4) is 0 Å². The molecule has 0 aromatic rings. The lowest BCUT2D eigenvalue weighted by Gasteiger charge is -2.20. The van der Waals surface area contributed by atoms with Gasteiger partial charge in [-0.1, -0.05) is 30.2 Å². The summed E-state index contributed by atoms with van der Waals surface area (Å²) in [4.78, 5) is 14.1. The molecule has 0 N–H and O–H groups in total. The highest BCUT2D eigenvalue weighted by Gasteiger charge is 2.32. The molecule has 2 heteroatoms. The molecular weight excluding hydrogens is 234 g/mol. The number of carbonyl (C=O) groups excluding carboxylic acids is 1. The Hall–Kier alpha value is -1.05. The zero-order valence-electron chi connectivity index (χ0n) is 13.0. The first-order valence-electron chi connectivity index (χ1n) is 7.62. The molecule has 0 atom stereocenters. The molecule has 19 heavy (non-hydrogen) atoms. The van der Waals surface area contributed by atoms with Crippen LogP contribution in [0.5, 0.6) is 0 Å². The smallest absolute Gasteiger partial charge is 0.225 e. The van der Waals surface area contributed by atoms with Crippen LogP contribution in [0, 0.1) is 5.92 Å². The average Bonchev–Trinajstić information content (AvgIpc) is 3.17. The third-order valence-electron chi connectivity index (χ3n) is 3.48. The monoisotopic (exact) mass is 263 g/mol. The van der Waals surface area contributed by atoms with Crippen LogP contribution in [0.1, 0.15) is 59.8 Å². The Morgan fingerprint density at radius 3 is 2.42 bits per heavy atom. The van der Waals surface area contributed by atoms with E-state index in [1.807, 2.05) is 4.90 Å². The summed E-state index contributed by atoms with van der Waals surface area (Å²) in [6.45, 7) is 10.3. The molecule has 0 saturated heterocycles. The van der Waals surface area contributed by atoms with Gasteiger partial charge < -0.3 is 4.90 Å². The average molecular weight is 263 g/mol. The predicted molar refractivity (Wildman–Crippen MR) is 82.0 cm³/mol. The highest BCUT2D eigenvalue weighted by atomic mass is 16.2. The molecular formula is C17H29NO. The summed E-state index contributed by atoms with van der Waals surface area (Å²) in [5.41, 5.74) is 2.77. The van der Waals surface area contributed by atoms with E-state index in [0.29, 0.717) is 11.8 Å². The predicted octanol–water partition coefficient (Wildman–Crippen LogP) is 4.33. The normalized spacial score (nSPS) is 15.3. The first-order chi connectivity index (χ1) is 9.04. The van der Waals surface area contributed by atoms with E-state index in [-0.39, 0.29) is 0 Å². The molecule has 1 amide bonds. The standard InChI is InChI=1S/C17H29NO/c1-5-12-18(17(19)16-9-10-16)13-11-15(4)8-6-7-14(2)3/h7,11,16H,5-6,8-10,12-13H2,1-4H3/b15-11-. The topological polar surface area (TPSA) is 20.3 Å². The van der Waals surface area contributed by atoms with Crippen LogP contribution in [0.3, 0.4) is 0 Å². The van der Waals surface area contributed by atoms with Crippen molar-refractivity contribution in [2.75, 3.05) is 13.1 Å². The van der Waals surface area contributed by atoms with Crippen LogP contribution in [0.4, 0.5) is 0 Å². The largest absolute Gasteiger partial charge is 0.339 e. The van der Waals surface area contributed by atoms with Crippen molar-refractivity contribution >= 4 is 5.91 Å². The molecule has 1 saturated carbocycles. The van der Waals surface area contributed by atoms with Gasteiger partial charge in [0.15, 0.2) is 0 Å². The van der Waals surface area contributed by atoms with Gasteiger partial charge in [0.1, 0.15) is 0 Å². The second kappa shape index (κ2) is 8.19. The fraction of sp³-hybridized carbons (Fsp3) is 0.706. The Balaban J connectivity index is 2.40. The van der Waals surface area contributed by atoms with E-state index in [1.54, 1.807) is 0 Å². The number of rotatable bonds is 8. The maximum Gasteiger partial charge on any atom is 0.225 e. The molecule has 0 aliphatic heterocycles. The summed E-state index contributed by atoms with van der Waals surface area (Å²) in [5, 5.41) is 0. The van der Waals surface area contributed by atoms with Gasteiger partial charge in [-0.15, -0.1) is 0 Å². The van der Waals surface area contributed by atoms with Crippen LogP contribution in [0.15, 0.2) is 23.3 Å². The van der Waals surface area contributed by atoms with E-state index in [0.717, 1.165) is 45.2 Å². The highest BCUT2D eigenvalue weighted by Crippen LogP contribution is 2.31. The highest BCUT2D eigenvalue weighted by molar-refractivity contribution is 5.81. The SMILES string of the molecule is CCCN(C/C=C(/C)CCC=C(C)C)C(=O)C1CC1. The zero-order chi connectivity index (χ0) is 14.3. The van der Waals surface area contributed by atoms with Gasteiger partial charge in [-0.05, 0) is 52.9 Å². The molecule has 0 aromatic heterocycles. The van der Waals surface area contributed by atoms with Crippen molar-refractivity contribution in [3.63, 3.8) is 0 Å². The van der Waals surface area contributed by atoms with Crippen molar-refractivity contribution in [2.24, 2.45) is 5.92 Å². The molecule has 1 rings (SSSR count). The molecule has 0 heterocycles. The maximum atomic E-state index is 12.1. The van der Waals surface area contributed by atoms with Crippen LogP contribution < -0.4 is 0 Å². The van der Waals surface area contributed by atoms with Gasteiger partial charge in [-0.25, -0.2) is 0 Å². The van der Waals surface area contributed by atoms with E-state index in [1.165, 1.54) is 11.1 Å². The number of hydrogen-bond donors (Lipinski definition) is 0. The van der Waals surface area contributed by atoms with Gasteiger partial charge in [-0.3, -0.25) is 4.79 Å². The second-order valence-electron chi connectivity index (χ2n) is 5.93. The zero-order valence-corrected chi connectivity index (χ0v) is 13.0. The van der Waals surface area contributed by atoms with Crippen molar-refractivity contribution in [2.45, 2.75) is 59.8 Å². The summed E-state index contributed by atoms with van der Waals surface area (Å²) in [6.07, 6.45) is 9.96. The molecule has 2 nitrogen and oxygen atoms in total. The van der Waals surface area contributed by atoms with Gasteiger partial charge in [0.05, 0.1) is 0 Å². The Bertz CT molecular complexity index is 346. The van der Waals surface area contributed by atoms with Crippen molar-refractivity contribution in [3.05, 3.63) is 23.3 Å². The third kappa shape index (κ3) is 6.60. The van der Waals surface area contributed by atoms with E-state index in [9.17, 15) is 4.79 Å². The van der Waals surface area contributed by atoms with E-state index in [2.05, 4.69) is 39.8 Å². The Kier molecular flexibility index (Phi) is 6.90. The molecule has 108 valence electrons. The minimum absolute atomic E-state index is 0.339. The van der Waals surface area contributed by atoms with Crippen molar-refractivity contribution in [1.29, 1.82) is 0 Å². The van der Waals surface area contributed by atoms with Gasteiger partial charge in [0.25, 0.3) is 0 Å². The van der Waals surface area contributed by atoms with Gasteiger partial charge >= 0.3 is 0 Å². The Labute approximate surface area is 118 Å². The van der Waals surface area contributed by atoms with E-state index >= 15 is 0 Å². The molecule has 0 unspecified atom stereocenters. The van der Waals surface area contributed by atoms with Crippen LogP contribution in [-0.4, -0.2) is 23.9 Å². The molecule has 0 spiro atoms. The van der Waals surface area contributed by atoms with Gasteiger partial charge in [0, 0.05) is 19.0 Å². The van der Waals surface area contributed by atoms with E-state index < -0.39 is 0 Å². The van der Waals surface area contributed by atoms with Crippen LogP contribution in [-0.2, 0) is 4.79 Å². The fourth-order valence-electron chi connectivity index (χ4n) is 2.11. The lowest BCUT2D eigenvalue weighted by Crippen LogP contribution is -2.33. The van der Waals surface area contributed by atoms with E-state index in [4.69, 9.17) is 0 Å². The molecule has 1 aliphatic carbocycles. The molecule has 1 aliphatic rings. The fourth-order valence-corrected chi connectivity index (χ4v) is 2.11. The van der Waals surface area contributed by atoms with Crippen molar-refractivity contribution < 1.29 is 4.79 Å². The molecule has 0 radical (unpaired) electrons. The Morgan fingerprint density at radius 2 is 1.89 bits per heavy atom. The van der Waals surface area contributed by atoms with Crippen molar-refractivity contribution in [1.82, 2.24) is 4.90 Å². The quantitative estimate of drug-likeness (QED) is 0.597. The van der Waals surface area contributed by atoms with Crippen LogP contribution in [0.2, 0.25) is 0 Å². The Morgan fingerprint density at radius 1 is 1.21 bits per heavy atom. The number of allylic oxidation sites excluding steroid dienone is 3. The first-order valence-corrected chi connectivity index (χ1v) is 7.62. The maximum absolute atomic E-state index is 12.1. The summed E-state index contributed by atoms with van der Waals surface area (Å²) >= 11 is 0. The molecule has 0 bridgehead atoms. The minimum Gasteiger partial charge on any atom is -0.339 e. The lowest BCUT2D eigenvalue weighted by atomic mass is 10.1. The number of hydrogen-bond acceptors (Lipinski definition) is 1. The first kappa shape index (κ1) is 16.0. The summed E-state index contributed by atoms with van der Waals surface area (Å²) in [5.74, 6) is 0.709. The molecule has 1 fully saturated rings. The molecule has 0 aromatic carbocycles. The van der Waals surface area contributed by atoms with Crippen LogP contribution in [0.25, 0.3) is 0 Å². The number of nitrogens with zero attached hydrogens (tertiary/aromatic N) is 1. The second-order valence-corrected chi connectivity index (χ2v) is 5.93. The third-order valence-corrected chi connectivity index (χ3v) is 3.48. The number of amides is 1. The summed E-state index contributed by atoms with van der Waals surface area (Å²) in [6, 6.07) is 0. The van der Waals surface area contributed by atoms with Gasteiger partial charge in [0.2, 0.25) is 5.91 Å². The lowest BCUT2D eigenvalue weighted by molar-refractivity contribution is -0.132. The van der Waals surface area contributed by atoms with Crippen LogP contribution >= 0.6 is 0 Å². The number of carbonyl (C=O) groups is 1. The van der Waals surface area contributed by atoms with Gasteiger partial charge in [-0.2, -0.15) is 0 Å².